The lowest BCUT2D eigenvalue weighted by Crippen LogP contribution is -2.32. The minimum Gasteiger partial charge on any atom is -0.497 e. The van der Waals surface area contributed by atoms with Crippen LogP contribution >= 0.6 is 0 Å². The van der Waals surface area contributed by atoms with Gasteiger partial charge in [-0.15, -0.1) is 0 Å². The smallest absolute Gasteiger partial charge is 0.127 e. The number of nitrogens with zero attached hydrogens (tertiary/aromatic N) is 1. The summed E-state index contributed by atoms with van der Waals surface area (Å²) < 4.78 is 19.0. The second kappa shape index (κ2) is 6.93. The van der Waals surface area contributed by atoms with Crippen molar-refractivity contribution in [3.63, 3.8) is 0 Å². The van der Waals surface area contributed by atoms with Crippen LogP contribution in [0.1, 0.15) is 23.1 Å². The van der Waals surface area contributed by atoms with E-state index in [4.69, 9.17) is 4.74 Å². The van der Waals surface area contributed by atoms with E-state index < -0.39 is 0 Å². The molecule has 0 aliphatic carbocycles. The Hall–Kier alpha value is -1.87. The van der Waals surface area contributed by atoms with Gasteiger partial charge in [-0.1, -0.05) is 24.3 Å². The van der Waals surface area contributed by atoms with Gasteiger partial charge in [0.2, 0.25) is 0 Å². The van der Waals surface area contributed by atoms with Gasteiger partial charge in [-0.3, -0.25) is 4.90 Å². The molecule has 0 bridgehead atoms. The zero-order chi connectivity index (χ0) is 15.4. The molecule has 2 aromatic carbocycles. The Bertz CT molecular complexity index is 624. The number of fused-ring (bicyclic) bond motifs is 1. The van der Waals surface area contributed by atoms with Crippen LogP contribution < -0.4 is 4.74 Å². The minimum absolute atomic E-state index is 0.0580. The van der Waals surface area contributed by atoms with Crippen molar-refractivity contribution in [1.82, 2.24) is 4.90 Å². The first-order chi connectivity index (χ1) is 10.8. The van der Waals surface area contributed by atoms with E-state index in [1.807, 2.05) is 24.3 Å². The van der Waals surface area contributed by atoms with Crippen LogP contribution in [0, 0.1) is 5.82 Å². The van der Waals surface area contributed by atoms with Crippen LogP contribution in [0.3, 0.4) is 0 Å². The molecule has 0 N–H and O–H groups in total. The van der Waals surface area contributed by atoms with Gasteiger partial charge in [0.15, 0.2) is 0 Å². The Morgan fingerprint density at radius 2 is 1.95 bits per heavy atom. The van der Waals surface area contributed by atoms with E-state index in [1.165, 1.54) is 11.1 Å². The zero-order valence-electron chi connectivity index (χ0n) is 13.0. The van der Waals surface area contributed by atoms with Crippen molar-refractivity contribution in [2.45, 2.75) is 25.8 Å². The van der Waals surface area contributed by atoms with Crippen molar-refractivity contribution in [2.24, 2.45) is 0 Å². The lowest BCUT2D eigenvalue weighted by Gasteiger charge is -2.28. The molecule has 3 heteroatoms. The summed E-state index contributed by atoms with van der Waals surface area (Å²) in [6, 6.07) is 13.7. The molecule has 22 heavy (non-hydrogen) atoms. The van der Waals surface area contributed by atoms with E-state index in [-0.39, 0.29) is 5.82 Å². The first-order valence-corrected chi connectivity index (χ1v) is 7.88. The van der Waals surface area contributed by atoms with E-state index in [9.17, 15) is 4.39 Å². The van der Waals surface area contributed by atoms with Gasteiger partial charge in [0.05, 0.1) is 7.11 Å². The Labute approximate surface area is 131 Å². The molecule has 0 aromatic heterocycles. The number of methoxy groups -OCH3 is 1. The third-order valence-electron chi connectivity index (χ3n) is 4.39. The van der Waals surface area contributed by atoms with Crippen LogP contribution in [0.25, 0.3) is 0 Å². The summed E-state index contributed by atoms with van der Waals surface area (Å²) in [6.45, 7) is 2.78. The van der Waals surface area contributed by atoms with Crippen molar-refractivity contribution in [1.29, 1.82) is 0 Å². The lowest BCUT2D eigenvalue weighted by molar-refractivity contribution is 0.246. The molecule has 0 saturated carbocycles. The maximum Gasteiger partial charge on any atom is 0.127 e. The Morgan fingerprint density at radius 3 is 2.73 bits per heavy atom. The average molecular weight is 299 g/mol. The summed E-state index contributed by atoms with van der Waals surface area (Å²) in [5.74, 6) is 0.837. The molecule has 2 nitrogen and oxygen atoms in total. The fourth-order valence-electron chi connectivity index (χ4n) is 3.09. The summed E-state index contributed by atoms with van der Waals surface area (Å²) in [6.07, 6.45) is 3.09. The van der Waals surface area contributed by atoms with Crippen molar-refractivity contribution in [3.05, 3.63) is 65.0 Å². The number of halogens is 1. The quantitative estimate of drug-likeness (QED) is 0.832. The largest absolute Gasteiger partial charge is 0.497 e. The number of hydrogen-bond donors (Lipinski definition) is 0. The van der Waals surface area contributed by atoms with Gasteiger partial charge >= 0.3 is 0 Å². The second-order valence-electron chi connectivity index (χ2n) is 5.86. The zero-order valence-corrected chi connectivity index (χ0v) is 13.0. The van der Waals surface area contributed by atoms with Crippen LogP contribution in [0.15, 0.2) is 42.5 Å². The molecular formula is C19H22FNO. The fourth-order valence-corrected chi connectivity index (χ4v) is 3.09. The molecule has 3 rings (SSSR count). The number of hydrogen-bond acceptors (Lipinski definition) is 2. The summed E-state index contributed by atoms with van der Waals surface area (Å²) in [4.78, 5) is 2.36. The van der Waals surface area contributed by atoms with Crippen molar-refractivity contribution in [3.8, 4) is 5.75 Å². The van der Waals surface area contributed by atoms with Gasteiger partial charge in [0.1, 0.15) is 11.6 Å². The predicted molar refractivity (Wildman–Crippen MR) is 86.7 cm³/mol. The topological polar surface area (TPSA) is 12.5 Å². The van der Waals surface area contributed by atoms with Crippen molar-refractivity contribution >= 4 is 0 Å². The molecule has 0 spiro atoms. The summed E-state index contributed by atoms with van der Waals surface area (Å²) in [5, 5.41) is 0. The Morgan fingerprint density at radius 1 is 1.14 bits per heavy atom. The second-order valence-corrected chi connectivity index (χ2v) is 5.86. The van der Waals surface area contributed by atoms with E-state index in [0.29, 0.717) is 0 Å². The first-order valence-electron chi connectivity index (χ1n) is 7.88. The normalized spacial score (nSPS) is 14.6. The fraction of sp³-hybridized carbons (Fsp3) is 0.368. The van der Waals surface area contributed by atoms with Crippen LogP contribution in [0.2, 0.25) is 0 Å². The summed E-state index contributed by atoms with van der Waals surface area (Å²) >= 11 is 0. The van der Waals surface area contributed by atoms with Gasteiger partial charge in [-0.05, 0) is 55.1 Å². The average Bonchev–Trinajstić information content (AvgIpc) is 2.56. The van der Waals surface area contributed by atoms with Gasteiger partial charge < -0.3 is 4.74 Å². The molecule has 1 aliphatic heterocycles. The Balaban J connectivity index is 1.51. The van der Waals surface area contributed by atoms with E-state index in [2.05, 4.69) is 17.0 Å². The molecular weight excluding hydrogens is 277 g/mol. The van der Waals surface area contributed by atoms with Crippen LogP contribution in [-0.2, 0) is 19.4 Å². The highest BCUT2D eigenvalue weighted by atomic mass is 19.1. The molecule has 2 aromatic rings. The maximum absolute atomic E-state index is 13.9. The highest BCUT2D eigenvalue weighted by Crippen LogP contribution is 2.22. The molecule has 1 heterocycles. The van der Waals surface area contributed by atoms with Crippen molar-refractivity contribution < 1.29 is 9.13 Å². The standard InChI is InChI=1S/C19H22FNO/c1-22-17-9-7-15(8-10-17)4-3-12-21-13-11-16-5-2-6-19(20)18(16)14-21/h2,5-10H,3-4,11-14H2,1H3. The maximum atomic E-state index is 13.9. The van der Waals surface area contributed by atoms with Crippen LogP contribution in [0.4, 0.5) is 4.39 Å². The predicted octanol–water partition coefficient (Wildman–Crippen LogP) is 3.83. The molecule has 0 radical (unpaired) electrons. The van der Waals surface area contributed by atoms with Gasteiger partial charge in [0, 0.05) is 18.7 Å². The van der Waals surface area contributed by atoms with E-state index >= 15 is 0 Å². The van der Waals surface area contributed by atoms with Gasteiger partial charge in [-0.25, -0.2) is 4.39 Å². The SMILES string of the molecule is COc1ccc(CCCN2CCc3cccc(F)c3C2)cc1. The third kappa shape index (κ3) is 3.47. The number of benzene rings is 2. The molecule has 0 atom stereocenters. The molecule has 0 amide bonds. The van der Waals surface area contributed by atoms with Crippen LogP contribution in [0.5, 0.6) is 5.75 Å². The third-order valence-corrected chi connectivity index (χ3v) is 4.39. The monoisotopic (exact) mass is 299 g/mol. The molecule has 0 fully saturated rings. The Kier molecular flexibility index (Phi) is 4.74. The molecule has 0 saturated heterocycles. The van der Waals surface area contributed by atoms with E-state index in [1.54, 1.807) is 13.2 Å². The van der Waals surface area contributed by atoms with Gasteiger partial charge in [0.25, 0.3) is 0 Å². The first kappa shape index (κ1) is 15.0. The minimum atomic E-state index is -0.0580. The number of rotatable bonds is 5. The highest BCUT2D eigenvalue weighted by molar-refractivity contribution is 5.30. The van der Waals surface area contributed by atoms with Crippen LogP contribution in [-0.4, -0.2) is 25.1 Å². The highest BCUT2D eigenvalue weighted by Gasteiger charge is 2.18. The molecule has 0 unspecified atom stereocenters. The lowest BCUT2D eigenvalue weighted by atomic mass is 9.99. The molecule has 116 valence electrons. The van der Waals surface area contributed by atoms with Gasteiger partial charge in [-0.2, -0.15) is 0 Å². The number of aryl methyl sites for hydroxylation is 1. The number of ether oxygens (including phenoxy) is 1. The summed E-state index contributed by atoms with van der Waals surface area (Å²) in [7, 11) is 1.68. The summed E-state index contributed by atoms with van der Waals surface area (Å²) in [5.41, 5.74) is 3.38. The molecule has 1 aliphatic rings. The van der Waals surface area contributed by atoms with E-state index in [0.717, 1.165) is 50.2 Å². The van der Waals surface area contributed by atoms with Crippen molar-refractivity contribution in [2.75, 3.05) is 20.2 Å².